The molecule has 0 bridgehead atoms. The lowest BCUT2D eigenvalue weighted by molar-refractivity contribution is -0.139. The Labute approximate surface area is 334 Å². The van der Waals surface area contributed by atoms with E-state index in [1.165, 1.54) is 47.9 Å². The fraction of sp³-hybridized carbons (Fsp3) is 0.500. The SMILES string of the molecule is C=C(C)C(=O)OCCCc1cc(-c2ccc(-c3ccc(C4CCC(C)CC4)cc3)cc2CC)cc(CCCOC(=O)C(=C)C)c1OCCC(CO)(CO)COC. The third kappa shape index (κ3) is 12.4. The van der Waals surface area contributed by atoms with Crippen molar-refractivity contribution < 1.29 is 38.7 Å². The van der Waals surface area contributed by atoms with Crippen LogP contribution in [0.2, 0.25) is 0 Å². The summed E-state index contributed by atoms with van der Waals surface area (Å²) in [4.78, 5) is 24.3. The van der Waals surface area contributed by atoms with E-state index < -0.39 is 17.4 Å². The highest BCUT2D eigenvalue weighted by Crippen LogP contribution is 2.39. The van der Waals surface area contributed by atoms with E-state index in [2.05, 4.69) is 81.6 Å². The van der Waals surface area contributed by atoms with Crippen LogP contribution in [0.4, 0.5) is 0 Å². The van der Waals surface area contributed by atoms with Crippen molar-refractivity contribution in [3.05, 3.63) is 101 Å². The van der Waals surface area contributed by atoms with Gasteiger partial charge in [-0.25, -0.2) is 9.59 Å². The molecule has 0 amide bonds. The Morgan fingerprint density at radius 2 is 1.29 bits per heavy atom. The highest BCUT2D eigenvalue weighted by Gasteiger charge is 2.29. The van der Waals surface area contributed by atoms with Crippen molar-refractivity contribution in [1.82, 2.24) is 0 Å². The normalized spacial score (nSPS) is 15.6. The first-order valence-corrected chi connectivity index (χ1v) is 20.3. The third-order valence-electron chi connectivity index (χ3n) is 11.1. The summed E-state index contributed by atoms with van der Waals surface area (Å²) in [6, 6.07) is 20.2. The predicted molar refractivity (Wildman–Crippen MR) is 224 cm³/mol. The van der Waals surface area contributed by atoms with Crippen molar-refractivity contribution in [1.29, 1.82) is 0 Å². The Kier molecular flexibility index (Phi) is 17.4. The van der Waals surface area contributed by atoms with Crippen molar-refractivity contribution in [2.45, 2.75) is 97.8 Å². The molecule has 0 radical (unpaired) electrons. The van der Waals surface area contributed by atoms with Crippen molar-refractivity contribution in [3.63, 3.8) is 0 Å². The number of carbonyl (C=O) groups is 2. The third-order valence-corrected chi connectivity index (χ3v) is 11.1. The van der Waals surface area contributed by atoms with Gasteiger partial charge in [0.15, 0.2) is 0 Å². The zero-order chi connectivity index (χ0) is 40.7. The molecule has 4 rings (SSSR count). The van der Waals surface area contributed by atoms with Crippen LogP contribution in [0.15, 0.2) is 78.9 Å². The number of carbonyl (C=O) groups excluding carboxylic acids is 2. The number of rotatable bonds is 22. The standard InChI is InChI=1S/C48H64O8/c1-8-36-27-40(39-19-17-38(18-20-39)37-15-13-35(6)14-16-37)21-22-44(36)43-28-41(11-9-24-55-46(51)33(2)3)45(54-26-23-48(30-49,31-50)32-53-7)42(29-43)12-10-25-56-47(52)34(4)5/h17-22,27-29,35,37,49-50H,2,4,8-16,23-26,30-32H2,1,3,5-7H3. The molecule has 0 spiro atoms. The van der Waals surface area contributed by atoms with Gasteiger partial charge in [-0.15, -0.1) is 0 Å². The van der Waals surface area contributed by atoms with Crippen molar-refractivity contribution in [2.24, 2.45) is 11.3 Å². The minimum atomic E-state index is -0.852. The highest BCUT2D eigenvalue weighted by atomic mass is 16.5. The molecule has 0 atom stereocenters. The van der Waals surface area contributed by atoms with E-state index in [4.69, 9.17) is 18.9 Å². The van der Waals surface area contributed by atoms with Crippen LogP contribution in [0.25, 0.3) is 22.3 Å². The average molecular weight is 769 g/mol. The van der Waals surface area contributed by atoms with Crippen LogP contribution in [0.3, 0.4) is 0 Å². The molecule has 8 heteroatoms. The smallest absolute Gasteiger partial charge is 0.333 e. The van der Waals surface area contributed by atoms with Gasteiger partial charge in [0.1, 0.15) is 5.75 Å². The van der Waals surface area contributed by atoms with E-state index in [9.17, 15) is 19.8 Å². The van der Waals surface area contributed by atoms with E-state index in [0.29, 0.717) is 54.9 Å². The molecule has 2 N–H and O–H groups in total. The van der Waals surface area contributed by atoms with Gasteiger partial charge >= 0.3 is 11.9 Å². The number of methoxy groups -OCH3 is 1. The zero-order valence-corrected chi connectivity index (χ0v) is 34.4. The maximum absolute atomic E-state index is 12.2. The lowest BCUT2D eigenvalue weighted by atomic mass is 9.79. The number of aryl methyl sites for hydroxylation is 3. The number of aliphatic hydroxyl groups is 2. The van der Waals surface area contributed by atoms with E-state index in [1.54, 1.807) is 21.0 Å². The van der Waals surface area contributed by atoms with Gasteiger partial charge in [0.05, 0.1) is 39.6 Å². The monoisotopic (exact) mass is 768 g/mol. The second kappa shape index (κ2) is 21.9. The molecule has 0 aliphatic heterocycles. The minimum absolute atomic E-state index is 0.185. The number of esters is 2. The van der Waals surface area contributed by atoms with Gasteiger partial charge in [0.2, 0.25) is 0 Å². The molecule has 0 unspecified atom stereocenters. The van der Waals surface area contributed by atoms with E-state index in [-0.39, 0.29) is 39.6 Å². The molecule has 1 aliphatic rings. The summed E-state index contributed by atoms with van der Waals surface area (Å²) in [6.07, 6.45) is 8.60. The van der Waals surface area contributed by atoms with Crippen LogP contribution in [-0.2, 0) is 43.1 Å². The van der Waals surface area contributed by atoms with Crippen LogP contribution in [0.1, 0.15) is 101 Å². The largest absolute Gasteiger partial charge is 0.493 e. The molecule has 1 fully saturated rings. The Morgan fingerprint density at radius 1 is 0.750 bits per heavy atom. The van der Waals surface area contributed by atoms with Gasteiger partial charge in [-0.1, -0.05) is 82.3 Å². The number of hydrogen-bond acceptors (Lipinski definition) is 8. The first kappa shape index (κ1) is 44.5. The molecule has 8 nitrogen and oxygen atoms in total. The Balaban J connectivity index is 1.70. The fourth-order valence-corrected chi connectivity index (χ4v) is 7.50. The summed E-state index contributed by atoms with van der Waals surface area (Å²) in [7, 11) is 1.54. The van der Waals surface area contributed by atoms with Crippen LogP contribution in [0.5, 0.6) is 5.75 Å². The minimum Gasteiger partial charge on any atom is -0.493 e. The summed E-state index contributed by atoms with van der Waals surface area (Å²) in [6.45, 7) is 15.5. The molecule has 3 aromatic rings. The van der Waals surface area contributed by atoms with Gasteiger partial charge in [0, 0.05) is 23.7 Å². The zero-order valence-electron chi connectivity index (χ0n) is 34.4. The summed E-state index contributed by atoms with van der Waals surface area (Å²) >= 11 is 0. The van der Waals surface area contributed by atoms with Gasteiger partial charge < -0.3 is 29.2 Å². The lowest BCUT2D eigenvalue weighted by Crippen LogP contribution is -2.36. The Hall–Kier alpha value is -4.24. The van der Waals surface area contributed by atoms with Crippen LogP contribution < -0.4 is 4.74 Å². The molecule has 1 aliphatic carbocycles. The first-order chi connectivity index (χ1) is 26.9. The van der Waals surface area contributed by atoms with Crippen LogP contribution in [0, 0.1) is 11.3 Å². The van der Waals surface area contributed by atoms with Gasteiger partial charge in [-0.2, -0.15) is 0 Å². The Morgan fingerprint density at radius 3 is 1.79 bits per heavy atom. The number of benzene rings is 3. The first-order valence-electron chi connectivity index (χ1n) is 20.3. The molecular weight excluding hydrogens is 705 g/mol. The maximum Gasteiger partial charge on any atom is 0.333 e. The van der Waals surface area contributed by atoms with E-state index >= 15 is 0 Å². The number of aliphatic hydroxyl groups excluding tert-OH is 2. The molecule has 3 aromatic carbocycles. The van der Waals surface area contributed by atoms with Crippen molar-refractivity contribution >= 4 is 11.9 Å². The maximum atomic E-state index is 12.2. The topological polar surface area (TPSA) is 112 Å². The molecule has 0 heterocycles. The summed E-state index contributed by atoms with van der Waals surface area (Å²) in [5.74, 6) is 1.34. The molecule has 304 valence electrons. The molecule has 1 saturated carbocycles. The van der Waals surface area contributed by atoms with Gasteiger partial charge in [-0.05, 0) is 134 Å². The van der Waals surface area contributed by atoms with Crippen molar-refractivity contribution in [2.75, 3.05) is 46.8 Å². The second-order valence-electron chi connectivity index (χ2n) is 15.8. The highest BCUT2D eigenvalue weighted by molar-refractivity contribution is 5.87. The van der Waals surface area contributed by atoms with Crippen molar-refractivity contribution in [3.8, 4) is 28.0 Å². The quantitative estimate of drug-likeness (QED) is 0.0591. The second-order valence-corrected chi connectivity index (χ2v) is 15.8. The molecular formula is C48H64O8. The van der Waals surface area contributed by atoms with Crippen LogP contribution >= 0.6 is 0 Å². The Bertz CT molecular complexity index is 1710. The van der Waals surface area contributed by atoms with Gasteiger partial charge in [0.25, 0.3) is 0 Å². The average Bonchev–Trinajstić information content (AvgIpc) is 3.21. The molecule has 0 saturated heterocycles. The van der Waals surface area contributed by atoms with E-state index in [1.807, 2.05) is 0 Å². The lowest BCUT2D eigenvalue weighted by Gasteiger charge is -2.29. The number of hydrogen-bond donors (Lipinski definition) is 2. The van der Waals surface area contributed by atoms with Gasteiger partial charge in [-0.3, -0.25) is 0 Å². The molecule has 0 aromatic heterocycles. The van der Waals surface area contributed by atoms with Crippen LogP contribution in [-0.4, -0.2) is 68.9 Å². The summed E-state index contributed by atoms with van der Waals surface area (Å²) in [5.41, 5.74) is 8.97. The van der Waals surface area contributed by atoms with E-state index in [0.717, 1.165) is 34.6 Å². The predicted octanol–water partition coefficient (Wildman–Crippen LogP) is 9.37. The number of ether oxygens (including phenoxy) is 4. The summed E-state index contributed by atoms with van der Waals surface area (Å²) in [5, 5.41) is 20.3. The molecule has 56 heavy (non-hydrogen) atoms. The fourth-order valence-electron chi connectivity index (χ4n) is 7.50. The summed E-state index contributed by atoms with van der Waals surface area (Å²) < 4.78 is 22.8.